The molecule has 0 unspecified atom stereocenters. The van der Waals surface area contributed by atoms with Gasteiger partial charge in [0.05, 0.1) is 23.0 Å². The number of carbonyl (C=O) groups is 2. The summed E-state index contributed by atoms with van der Waals surface area (Å²) in [6.45, 7) is 5.51. The van der Waals surface area contributed by atoms with Gasteiger partial charge in [-0.1, -0.05) is 23.9 Å². The second-order valence-corrected chi connectivity index (χ2v) is 8.29. The first-order chi connectivity index (χ1) is 11.7. The average Bonchev–Trinajstić information content (AvgIpc) is 3.09. The maximum absolute atomic E-state index is 12.3. The van der Waals surface area contributed by atoms with Crippen LogP contribution in [-0.4, -0.2) is 50.4 Å². The quantitative estimate of drug-likeness (QED) is 0.894. The molecular formula is C17H20N3O4S-. The summed E-state index contributed by atoms with van der Waals surface area (Å²) in [4.78, 5) is 32.6. The van der Waals surface area contributed by atoms with Gasteiger partial charge >= 0.3 is 6.09 Å². The highest BCUT2D eigenvalue weighted by Crippen LogP contribution is 2.33. The van der Waals surface area contributed by atoms with E-state index in [0.717, 1.165) is 11.0 Å². The number of H-pyrrole nitrogens is 1. The number of ether oxygens (including phenoxy) is 1. The third-order valence-corrected chi connectivity index (χ3v) is 4.90. The summed E-state index contributed by atoms with van der Waals surface area (Å²) in [5, 5.41) is 12.0. The molecule has 2 atom stereocenters. The number of likely N-dealkylation sites (tertiary alicyclic amines) is 1. The van der Waals surface area contributed by atoms with Gasteiger partial charge in [0.1, 0.15) is 5.60 Å². The Morgan fingerprint density at radius 2 is 2.08 bits per heavy atom. The average molecular weight is 362 g/mol. The van der Waals surface area contributed by atoms with Gasteiger partial charge in [-0.2, -0.15) is 0 Å². The van der Waals surface area contributed by atoms with Crippen LogP contribution >= 0.6 is 11.8 Å². The van der Waals surface area contributed by atoms with Crippen molar-refractivity contribution < 1.29 is 19.4 Å². The Morgan fingerprint density at radius 1 is 1.36 bits per heavy atom. The number of nitrogens with one attached hydrogen (secondary N) is 1. The number of imidazole rings is 1. The fourth-order valence-corrected chi connectivity index (χ4v) is 3.92. The maximum atomic E-state index is 12.3. The van der Waals surface area contributed by atoms with Crippen LogP contribution in [0, 0.1) is 0 Å². The number of carboxylic acid groups (broad SMARTS) is 1. The van der Waals surface area contributed by atoms with Crippen LogP contribution in [0.2, 0.25) is 0 Å². The Hall–Kier alpha value is -2.22. The number of amides is 1. The number of hydrogen-bond acceptors (Lipinski definition) is 6. The highest BCUT2D eigenvalue weighted by atomic mass is 32.2. The minimum absolute atomic E-state index is 0.101. The van der Waals surface area contributed by atoms with Crippen LogP contribution < -0.4 is 5.11 Å². The number of nitrogens with zero attached hydrogens (tertiary/aromatic N) is 2. The zero-order valence-corrected chi connectivity index (χ0v) is 15.1. The van der Waals surface area contributed by atoms with E-state index in [9.17, 15) is 14.7 Å². The topological polar surface area (TPSA) is 98.3 Å². The monoisotopic (exact) mass is 362 g/mol. The van der Waals surface area contributed by atoms with Gasteiger partial charge in [-0.3, -0.25) is 4.90 Å². The minimum Gasteiger partial charge on any atom is -0.548 e. The summed E-state index contributed by atoms with van der Waals surface area (Å²) in [6.07, 6.45) is -0.335. The molecule has 7 nitrogen and oxygen atoms in total. The smallest absolute Gasteiger partial charge is 0.410 e. The SMILES string of the molecule is CC(C)(C)OC(=O)N1C[C@@H](Sc2nc3ccccc3[nH]2)C[C@@H]1C(=O)[O-]. The summed E-state index contributed by atoms with van der Waals surface area (Å²) in [7, 11) is 0. The molecular weight excluding hydrogens is 342 g/mol. The minimum atomic E-state index is -1.27. The van der Waals surface area contributed by atoms with Gasteiger partial charge in [0.25, 0.3) is 0 Å². The molecule has 0 radical (unpaired) electrons. The number of carbonyl (C=O) groups excluding carboxylic acids is 2. The molecule has 0 saturated carbocycles. The summed E-state index contributed by atoms with van der Waals surface area (Å²) >= 11 is 1.43. The fourth-order valence-electron chi connectivity index (χ4n) is 2.77. The Labute approximate surface area is 149 Å². The number of aliphatic carboxylic acids is 1. The molecule has 2 heterocycles. The van der Waals surface area contributed by atoms with Crippen molar-refractivity contribution in [1.29, 1.82) is 0 Å². The number of para-hydroxylation sites is 2. The molecule has 3 rings (SSSR count). The summed E-state index contributed by atoms with van der Waals surface area (Å²) in [6, 6.07) is 6.67. The van der Waals surface area contributed by atoms with Crippen LogP contribution in [0.15, 0.2) is 29.4 Å². The molecule has 1 amide bonds. The summed E-state index contributed by atoms with van der Waals surface area (Å²) in [5.74, 6) is -1.27. The summed E-state index contributed by atoms with van der Waals surface area (Å²) < 4.78 is 5.31. The molecule has 1 saturated heterocycles. The van der Waals surface area contributed by atoms with Crippen LogP contribution in [0.25, 0.3) is 11.0 Å². The molecule has 1 aromatic heterocycles. The number of aromatic nitrogens is 2. The van der Waals surface area contributed by atoms with Crippen molar-refractivity contribution in [3.63, 3.8) is 0 Å². The molecule has 1 aromatic carbocycles. The van der Waals surface area contributed by atoms with Gasteiger partial charge < -0.3 is 19.6 Å². The number of fused-ring (bicyclic) bond motifs is 1. The number of aromatic amines is 1. The van der Waals surface area contributed by atoms with E-state index in [2.05, 4.69) is 9.97 Å². The Balaban J connectivity index is 1.73. The molecule has 25 heavy (non-hydrogen) atoms. The van der Waals surface area contributed by atoms with Crippen molar-refractivity contribution in [1.82, 2.24) is 14.9 Å². The first-order valence-corrected chi connectivity index (χ1v) is 8.93. The van der Waals surface area contributed by atoms with Crippen molar-refractivity contribution in [3.8, 4) is 0 Å². The van der Waals surface area contributed by atoms with Gasteiger partial charge in [0, 0.05) is 11.8 Å². The predicted molar refractivity (Wildman–Crippen MR) is 92.1 cm³/mol. The Kier molecular flexibility index (Phi) is 4.64. The van der Waals surface area contributed by atoms with Crippen LogP contribution in [0.3, 0.4) is 0 Å². The largest absolute Gasteiger partial charge is 0.548 e. The second kappa shape index (κ2) is 6.59. The number of rotatable bonds is 3. The highest BCUT2D eigenvalue weighted by Gasteiger charge is 2.39. The van der Waals surface area contributed by atoms with E-state index in [-0.39, 0.29) is 11.8 Å². The van der Waals surface area contributed by atoms with Crippen molar-refractivity contribution in [2.45, 2.75) is 49.2 Å². The van der Waals surface area contributed by atoms with Crippen molar-refractivity contribution in [2.75, 3.05) is 6.54 Å². The van der Waals surface area contributed by atoms with Gasteiger partial charge in [-0.05, 0) is 39.3 Å². The normalized spacial score (nSPS) is 20.8. The molecule has 8 heteroatoms. The lowest BCUT2D eigenvalue weighted by Crippen LogP contribution is -2.48. The first-order valence-electron chi connectivity index (χ1n) is 8.05. The molecule has 1 aliphatic heterocycles. The van der Waals surface area contributed by atoms with E-state index in [0.29, 0.717) is 11.6 Å². The van der Waals surface area contributed by atoms with Crippen LogP contribution in [0.1, 0.15) is 27.2 Å². The van der Waals surface area contributed by atoms with Crippen LogP contribution in [-0.2, 0) is 9.53 Å². The molecule has 1 fully saturated rings. The lowest BCUT2D eigenvalue weighted by molar-refractivity contribution is -0.310. The number of benzene rings is 1. The zero-order chi connectivity index (χ0) is 18.2. The highest BCUT2D eigenvalue weighted by molar-refractivity contribution is 7.99. The molecule has 134 valence electrons. The zero-order valence-electron chi connectivity index (χ0n) is 14.3. The summed E-state index contributed by atoms with van der Waals surface area (Å²) in [5.41, 5.74) is 1.09. The number of thioether (sulfide) groups is 1. The van der Waals surface area contributed by atoms with E-state index >= 15 is 0 Å². The van der Waals surface area contributed by atoms with Gasteiger partial charge in [0.2, 0.25) is 0 Å². The molecule has 2 aromatic rings. The third kappa shape index (κ3) is 4.07. The third-order valence-electron chi connectivity index (χ3n) is 3.81. The first kappa shape index (κ1) is 17.6. The van der Waals surface area contributed by atoms with Crippen LogP contribution in [0.4, 0.5) is 4.79 Å². The molecule has 0 bridgehead atoms. The van der Waals surface area contributed by atoms with E-state index in [1.807, 2.05) is 24.3 Å². The Morgan fingerprint density at radius 3 is 2.72 bits per heavy atom. The van der Waals surface area contributed by atoms with Gasteiger partial charge in [-0.15, -0.1) is 0 Å². The molecule has 0 aliphatic carbocycles. The van der Waals surface area contributed by atoms with E-state index in [4.69, 9.17) is 4.74 Å². The second-order valence-electron chi connectivity index (χ2n) is 7.00. The van der Waals surface area contributed by atoms with Crippen molar-refractivity contribution in [3.05, 3.63) is 24.3 Å². The predicted octanol–water partition coefficient (Wildman–Crippen LogP) is 1.78. The van der Waals surface area contributed by atoms with Gasteiger partial charge in [0.15, 0.2) is 5.16 Å². The number of hydrogen-bond donors (Lipinski definition) is 1. The van der Waals surface area contributed by atoms with Crippen molar-refractivity contribution >= 4 is 34.9 Å². The molecule has 0 spiro atoms. The molecule has 1 N–H and O–H groups in total. The lowest BCUT2D eigenvalue weighted by Gasteiger charge is -2.28. The fraction of sp³-hybridized carbons (Fsp3) is 0.471. The van der Waals surface area contributed by atoms with E-state index in [1.54, 1.807) is 20.8 Å². The Bertz CT molecular complexity index is 766. The van der Waals surface area contributed by atoms with Crippen LogP contribution in [0.5, 0.6) is 0 Å². The number of carboxylic acids is 1. The maximum Gasteiger partial charge on any atom is 0.410 e. The standard InChI is InChI=1S/C17H21N3O4S/c1-17(2,3)24-16(23)20-9-10(8-13(20)14(21)22)25-15-18-11-6-4-5-7-12(11)19-15/h4-7,10,13H,8-9H2,1-3H3,(H,18,19)(H,21,22)/p-1/t10-,13+/m0/s1. The van der Waals surface area contributed by atoms with E-state index < -0.39 is 23.7 Å². The van der Waals surface area contributed by atoms with Gasteiger partial charge in [-0.25, -0.2) is 9.78 Å². The van der Waals surface area contributed by atoms with E-state index in [1.165, 1.54) is 16.7 Å². The molecule has 1 aliphatic rings. The lowest BCUT2D eigenvalue weighted by atomic mass is 10.2. The van der Waals surface area contributed by atoms with Crippen molar-refractivity contribution in [2.24, 2.45) is 0 Å².